The van der Waals surface area contributed by atoms with Crippen LogP contribution in [0.15, 0.2) is 29.4 Å². The average Bonchev–Trinajstić information content (AvgIpc) is 2.96. The first-order valence-corrected chi connectivity index (χ1v) is 7.73. The van der Waals surface area contributed by atoms with Crippen LogP contribution in [0.3, 0.4) is 0 Å². The molecule has 1 saturated carbocycles. The van der Waals surface area contributed by atoms with Crippen LogP contribution in [0.4, 0.5) is 5.69 Å². The zero-order valence-electron chi connectivity index (χ0n) is 11.4. The Labute approximate surface area is 138 Å². The maximum absolute atomic E-state index is 12.1. The minimum absolute atomic E-state index is 0.0180. The van der Waals surface area contributed by atoms with Crippen molar-refractivity contribution in [1.29, 1.82) is 0 Å². The smallest absolute Gasteiger partial charge is 0.269 e. The molecule has 2 rings (SSSR count). The average molecular weight is 419 g/mol. The second kappa shape index (κ2) is 5.49. The molecule has 0 bridgehead atoms. The largest absolute Gasteiger partial charge is 0.272 e. The van der Waals surface area contributed by atoms with Crippen molar-refractivity contribution in [2.24, 2.45) is 10.5 Å². The molecule has 0 spiro atoms. The molecule has 8 heteroatoms. The number of amides is 1. The van der Waals surface area contributed by atoms with Gasteiger partial charge >= 0.3 is 0 Å². The number of rotatable bonds is 4. The molecule has 1 amide bonds. The molecule has 1 aromatic rings. The lowest BCUT2D eigenvalue weighted by Crippen LogP contribution is -2.30. The van der Waals surface area contributed by atoms with Crippen LogP contribution in [0.5, 0.6) is 0 Å². The Bertz CT molecular complexity index is 628. The van der Waals surface area contributed by atoms with Gasteiger partial charge in [0.15, 0.2) is 0 Å². The second-order valence-electron chi connectivity index (χ2n) is 5.16. The number of carbonyl (C=O) groups is 1. The van der Waals surface area contributed by atoms with Crippen LogP contribution in [-0.4, -0.2) is 19.8 Å². The monoisotopic (exact) mass is 417 g/mol. The van der Waals surface area contributed by atoms with Gasteiger partial charge in [0.1, 0.15) is 0 Å². The lowest BCUT2D eigenvalue weighted by atomic mass is 10.1. The first-order valence-electron chi connectivity index (χ1n) is 6.15. The number of hydrogen-bond donors (Lipinski definition) is 1. The summed E-state index contributed by atoms with van der Waals surface area (Å²) in [6.07, 6.45) is 0.679. The summed E-state index contributed by atoms with van der Waals surface area (Å²) in [6.45, 7) is 3.56. The molecule has 0 aliphatic heterocycles. The summed E-state index contributed by atoms with van der Waals surface area (Å²) < 4.78 is -0.367. The van der Waals surface area contributed by atoms with Crippen molar-refractivity contribution in [2.75, 3.05) is 0 Å². The van der Waals surface area contributed by atoms with Crippen molar-refractivity contribution in [2.45, 2.75) is 23.5 Å². The van der Waals surface area contributed by atoms with E-state index >= 15 is 0 Å². The molecule has 112 valence electrons. The van der Waals surface area contributed by atoms with E-state index in [0.717, 1.165) is 0 Å². The van der Waals surface area contributed by atoms with Gasteiger partial charge in [-0.15, -0.1) is 0 Å². The fourth-order valence-electron chi connectivity index (χ4n) is 1.79. The van der Waals surface area contributed by atoms with Crippen LogP contribution in [0.1, 0.15) is 25.8 Å². The molecule has 6 nitrogen and oxygen atoms in total. The molecule has 0 heterocycles. The van der Waals surface area contributed by atoms with Gasteiger partial charge in [0.05, 0.1) is 19.3 Å². The third-order valence-electron chi connectivity index (χ3n) is 3.58. The normalized spacial score (nSPS) is 23.5. The van der Waals surface area contributed by atoms with Crippen molar-refractivity contribution in [3.05, 3.63) is 39.9 Å². The third-order valence-corrected chi connectivity index (χ3v) is 5.89. The highest BCUT2D eigenvalue weighted by molar-refractivity contribution is 9.25. The number of carbonyl (C=O) groups excluding carboxylic acids is 1. The van der Waals surface area contributed by atoms with E-state index < -0.39 is 10.3 Å². The lowest BCUT2D eigenvalue weighted by molar-refractivity contribution is -0.384. The Kier molecular flexibility index (Phi) is 4.21. The Morgan fingerprint density at radius 1 is 1.38 bits per heavy atom. The number of nitro benzene ring substituents is 1. The fourth-order valence-corrected chi connectivity index (χ4v) is 3.27. The number of benzene rings is 1. The van der Waals surface area contributed by atoms with Gasteiger partial charge in [0.25, 0.3) is 5.69 Å². The van der Waals surface area contributed by atoms with Crippen LogP contribution in [0, 0.1) is 15.5 Å². The van der Waals surface area contributed by atoms with E-state index in [1.54, 1.807) is 19.1 Å². The van der Waals surface area contributed by atoms with Gasteiger partial charge in [-0.1, -0.05) is 31.9 Å². The van der Waals surface area contributed by atoms with Crippen LogP contribution in [-0.2, 0) is 4.79 Å². The molecular weight excluding hydrogens is 406 g/mol. The van der Waals surface area contributed by atoms with Gasteiger partial charge < -0.3 is 0 Å². The standard InChI is InChI=1S/C13H13Br2N3O3/c1-8(9-3-5-10(6-4-9)18(20)21)16-17-11(19)12(2)7-13(12,14)15/h3-6H,7H2,1-2H3,(H,17,19)/b16-8-. The van der Waals surface area contributed by atoms with Gasteiger partial charge in [-0.2, -0.15) is 5.10 Å². The molecule has 1 N–H and O–H groups in total. The van der Waals surface area contributed by atoms with E-state index in [9.17, 15) is 14.9 Å². The van der Waals surface area contributed by atoms with Gasteiger partial charge in [-0.3, -0.25) is 14.9 Å². The van der Waals surface area contributed by atoms with E-state index in [1.807, 2.05) is 6.92 Å². The second-order valence-corrected chi connectivity index (χ2v) is 8.93. The highest BCUT2D eigenvalue weighted by Gasteiger charge is 2.66. The number of halogens is 2. The number of hydrogen-bond acceptors (Lipinski definition) is 4. The van der Waals surface area contributed by atoms with E-state index in [1.165, 1.54) is 12.1 Å². The predicted molar refractivity (Wildman–Crippen MR) is 86.8 cm³/mol. The van der Waals surface area contributed by atoms with E-state index in [4.69, 9.17) is 0 Å². The third kappa shape index (κ3) is 3.16. The van der Waals surface area contributed by atoms with Crippen molar-refractivity contribution < 1.29 is 9.72 Å². The first-order chi connectivity index (χ1) is 9.67. The molecule has 0 radical (unpaired) electrons. The van der Waals surface area contributed by atoms with Crippen LogP contribution < -0.4 is 5.43 Å². The van der Waals surface area contributed by atoms with Gasteiger partial charge in [-0.25, -0.2) is 5.43 Å². The van der Waals surface area contributed by atoms with Crippen molar-refractivity contribution in [1.82, 2.24) is 5.43 Å². The fraction of sp³-hybridized carbons (Fsp3) is 0.385. The Morgan fingerprint density at radius 3 is 2.33 bits per heavy atom. The minimum atomic E-state index is -0.535. The van der Waals surface area contributed by atoms with E-state index in [0.29, 0.717) is 17.7 Å². The summed E-state index contributed by atoms with van der Waals surface area (Å²) in [4.78, 5) is 22.2. The molecule has 0 saturated heterocycles. The number of hydrazone groups is 1. The Balaban J connectivity index is 2.05. The number of non-ortho nitro benzene ring substituents is 1. The Hall–Kier alpha value is -1.28. The van der Waals surface area contributed by atoms with Gasteiger partial charge in [0, 0.05) is 12.1 Å². The van der Waals surface area contributed by atoms with E-state index in [-0.39, 0.29) is 14.8 Å². The molecule has 1 fully saturated rings. The molecule has 21 heavy (non-hydrogen) atoms. The summed E-state index contributed by atoms with van der Waals surface area (Å²) in [5.41, 5.74) is 3.31. The SMILES string of the molecule is C/C(=N/NC(=O)C1(C)CC1(Br)Br)c1ccc([N+](=O)[O-])cc1. The van der Waals surface area contributed by atoms with Crippen molar-refractivity contribution >= 4 is 49.2 Å². The quantitative estimate of drug-likeness (QED) is 0.352. The summed E-state index contributed by atoms with van der Waals surface area (Å²) in [6, 6.07) is 6.00. The maximum atomic E-state index is 12.1. The Morgan fingerprint density at radius 2 is 1.90 bits per heavy atom. The lowest BCUT2D eigenvalue weighted by Gasteiger charge is -2.10. The van der Waals surface area contributed by atoms with Crippen LogP contribution >= 0.6 is 31.9 Å². The molecule has 1 atom stereocenters. The summed E-state index contributed by atoms with van der Waals surface area (Å²) in [5, 5.41) is 14.6. The minimum Gasteiger partial charge on any atom is -0.272 e. The topological polar surface area (TPSA) is 84.6 Å². The zero-order chi connectivity index (χ0) is 15.8. The molecule has 0 aromatic heterocycles. The van der Waals surface area contributed by atoms with Crippen molar-refractivity contribution in [3.63, 3.8) is 0 Å². The summed E-state index contributed by atoms with van der Waals surface area (Å²) in [7, 11) is 0. The van der Waals surface area contributed by atoms with Crippen LogP contribution in [0.25, 0.3) is 0 Å². The van der Waals surface area contributed by atoms with E-state index in [2.05, 4.69) is 42.4 Å². The number of nitrogens with one attached hydrogen (secondary N) is 1. The highest BCUT2D eigenvalue weighted by atomic mass is 79.9. The number of nitrogens with zero attached hydrogens (tertiary/aromatic N) is 2. The summed E-state index contributed by atoms with van der Waals surface area (Å²) >= 11 is 6.85. The number of alkyl halides is 2. The highest BCUT2D eigenvalue weighted by Crippen LogP contribution is 2.66. The molecule has 1 aliphatic rings. The molecular formula is C13H13Br2N3O3. The van der Waals surface area contributed by atoms with Gasteiger partial charge in [0.2, 0.25) is 5.91 Å². The first kappa shape index (κ1) is 16.1. The number of nitro groups is 1. The predicted octanol–water partition coefficient (Wildman–Crippen LogP) is 3.33. The molecule has 1 aliphatic carbocycles. The molecule has 1 unspecified atom stereocenters. The maximum Gasteiger partial charge on any atom is 0.269 e. The molecule has 1 aromatic carbocycles. The van der Waals surface area contributed by atoms with Crippen molar-refractivity contribution in [3.8, 4) is 0 Å². The van der Waals surface area contributed by atoms with Crippen LogP contribution in [0.2, 0.25) is 0 Å². The summed E-state index contributed by atoms with van der Waals surface area (Å²) in [5.74, 6) is -0.183. The zero-order valence-corrected chi connectivity index (χ0v) is 14.6. The van der Waals surface area contributed by atoms with Gasteiger partial charge in [-0.05, 0) is 38.0 Å².